The standard InChI is InChI=1S/C12H11BrF3N3O2/c13-7-2-1-6-3-4-19(11(17)18)9(8(6)5-7)21-10(20)12(14,15)16/h1-2,5,9H,3-4H2,(H3,17,18). The third kappa shape index (κ3) is 3.29. The lowest BCUT2D eigenvalue weighted by Crippen LogP contribution is -2.46. The summed E-state index contributed by atoms with van der Waals surface area (Å²) in [4.78, 5) is 12.2. The van der Waals surface area contributed by atoms with E-state index in [9.17, 15) is 18.0 Å². The number of nitrogens with zero attached hydrogens (tertiary/aromatic N) is 1. The summed E-state index contributed by atoms with van der Waals surface area (Å²) in [5.74, 6) is -2.77. The Morgan fingerprint density at radius 1 is 1.48 bits per heavy atom. The van der Waals surface area contributed by atoms with Crippen LogP contribution >= 0.6 is 15.9 Å². The van der Waals surface area contributed by atoms with E-state index in [-0.39, 0.29) is 6.54 Å². The van der Waals surface area contributed by atoms with Crippen molar-refractivity contribution in [2.45, 2.75) is 18.8 Å². The zero-order valence-corrected chi connectivity index (χ0v) is 12.2. The largest absolute Gasteiger partial charge is 0.491 e. The van der Waals surface area contributed by atoms with Gasteiger partial charge in [0.05, 0.1) is 0 Å². The average Bonchev–Trinajstić information content (AvgIpc) is 2.37. The topological polar surface area (TPSA) is 79.4 Å². The minimum atomic E-state index is -5.11. The number of carbonyl (C=O) groups is 1. The lowest BCUT2D eigenvalue weighted by molar-refractivity contribution is -0.211. The summed E-state index contributed by atoms with van der Waals surface area (Å²) in [5.41, 5.74) is 6.49. The smallest absolute Gasteiger partial charge is 0.430 e. The van der Waals surface area contributed by atoms with Gasteiger partial charge in [-0.15, -0.1) is 0 Å². The van der Waals surface area contributed by atoms with Crippen LogP contribution in [0.1, 0.15) is 17.4 Å². The van der Waals surface area contributed by atoms with Crippen molar-refractivity contribution in [2.24, 2.45) is 5.73 Å². The van der Waals surface area contributed by atoms with Crippen molar-refractivity contribution in [1.82, 2.24) is 4.90 Å². The summed E-state index contributed by atoms with van der Waals surface area (Å²) in [7, 11) is 0. The number of rotatable bonds is 1. The molecule has 2 rings (SSSR count). The second-order valence-corrected chi connectivity index (χ2v) is 5.34. The SMILES string of the molecule is N=C(N)N1CCc2ccc(Br)cc2C1OC(=O)C(F)(F)F. The van der Waals surface area contributed by atoms with E-state index in [1.54, 1.807) is 18.2 Å². The summed E-state index contributed by atoms with van der Waals surface area (Å²) in [6.07, 6.45) is -5.98. The van der Waals surface area contributed by atoms with Crippen LogP contribution in [-0.2, 0) is 16.0 Å². The monoisotopic (exact) mass is 365 g/mol. The number of nitrogens with one attached hydrogen (secondary N) is 1. The van der Waals surface area contributed by atoms with E-state index in [0.717, 1.165) is 10.5 Å². The number of carbonyl (C=O) groups excluding carboxylic acids is 1. The highest BCUT2D eigenvalue weighted by molar-refractivity contribution is 9.10. The summed E-state index contributed by atoms with van der Waals surface area (Å²) in [5, 5.41) is 7.43. The Hall–Kier alpha value is -1.77. The van der Waals surface area contributed by atoms with Crippen molar-refractivity contribution in [3.63, 3.8) is 0 Å². The molecule has 1 aliphatic rings. The van der Waals surface area contributed by atoms with Gasteiger partial charge in [-0.3, -0.25) is 5.41 Å². The number of alkyl halides is 3. The zero-order chi connectivity index (χ0) is 15.8. The molecule has 1 atom stereocenters. The van der Waals surface area contributed by atoms with Crippen molar-refractivity contribution in [2.75, 3.05) is 6.54 Å². The summed E-state index contributed by atoms with van der Waals surface area (Å²) < 4.78 is 42.4. The van der Waals surface area contributed by atoms with Gasteiger partial charge in [-0.1, -0.05) is 22.0 Å². The van der Waals surface area contributed by atoms with Crippen LogP contribution in [0.4, 0.5) is 13.2 Å². The van der Waals surface area contributed by atoms with E-state index in [4.69, 9.17) is 11.1 Å². The van der Waals surface area contributed by atoms with Crippen LogP contribution in [0.3, 0.4) is 0 Å². The third-order valence-corrected chi connectivity index (χ3v) is 3.53. The molecule has 0 aliphatic carbocycles. The van der Waals surface area contributed by atoms with E-state index in [2.05, 4.69) is 20.7 Å². The maximum Gasteiger partial charge on any atom is 0.491 e. The number of esters is 1. The molecule has 1 unspecified atom stereocenters. The quantitative estimate of drug-likeness (QED) is 0.454. The molecule has 114 valence electrons. The lowest BCUT2D eigenvalue weighted by atomic mass is 9.98. The van der Waals surface area contributed by atoms with E-state index in [1.165, 1.54) is 0 Å². The van der Waals surface area contributed by atoms with Gasteiger partial charge >= 0.3 is 12.1 Å². The average molecular weight is 366 g/mol. The second-order valence-electron chi connectivity index (χ2n) is 4.43. The number of nitrogens with two attached hydrogens (primary N) is 1. The van der Waals surface area contributed by atoms with E-state index < -0.39 is 24.3 Å². The zero-order valence-electron chi connectivity index (χ0n) is 10.6. The number of hydrogen-bond acceptors (Lipinski definition) is 3. The van der Waals surface area contributed by atoms with Crippen LogP contribution in [0.2, 0.25) is 0 Å². The molecule has 0 bridgehead atoms. The molecular formula is C12H11BrF3N3O2. The molecule has 5 nitrogen and oxygen atoms in total. The number of guanidine groups is 1. The van der Waals surface area contributed by atoms with Crippen LogP contribution in [0.15, 0.2) is 22.7 Å². The fourth-order valence-electron chi connectivity index (χ4n) is 2.09. The van der Waals surface area contributed by atoms with Crippen molar-refractivity contribution in [1.29, 1.82) is 5.41 Å². The Morgan fingerprint density at radius 3 is 2.71 bits per heavy atom. The third-order valence-electron chi connectivity index (χ3n) is 3.04. The van der Waals surface area contributed by atoms with Gasteiger partial charge in [-0.25, -0.2) is 4.79 Å². The van der Waals surface area contributed by atoms with Gasteiger partial charge in [0.1, 0.15) is 0 Å². The van der Waals surface area contributed by atoms with Gasteiger partial charge in [0.25, 0.3) is 0 Å². The first-order chi connectivity index (χ1) is 9.70. The number of benzene rings is 1. The van der Waals surface area contributed by atoms with Crippen molar-refractivity contribution >= 4 is 27.9 Å². The second kappa shape index (κ2) is 5.55. The molecule has 1 aromatic rings. The molecule has 1 heterocycles. The molecule has 0 saturated carbocycles. The van der Waals surface area contributed by atoms with Crippen molar-refractivity contribution < 1.29 is 22.7 Å². The minimum absolute atomic E-state index is 0.194. The van der Waals surface area contributed by atoms with Crippen molar-refractivity contribution in [3.8, 4) is 0 Å². The van der Waals surface area contributed by atoms with Crippen LogP contribution in [0, 0.1) is 5.41 Å². The molecule has 21 heavy (non-hydrogen) atoms. The molecule has 0 spiro atoms. The van der Waals surface area contributed by atoms with Crippen molar-refractivity contribution in [3.05, 3.63) is 33.8 Å². The Morgan fingerprint density at radius 2 is 2.14 bits per heavy atom. The molecule has 0 saturated heterocycles. The van der Waals surface area contributed by atoms with E-state index >= 15 is 0 Å². The lowest BCUT2D eigenvalue weighted by Gasteiger charge is -2.36. The van der Waals surface area contributed by atoms with Gasteiger partial charge in [0.2, 0.25) is 6.23 Å². The molecule has 0 amide bonds. The maximum atomic E-state index is 12.4. The van der Waals surface area contributed by atoms with Crippen LogP contribution < -0.4 is 5.73 Å². The van der Waals surface area contributed by atoms with Gasteiger partial charge in [0, 0.05) is 16.6 Å². The Kier molecular flexibility index (Phi) is 4.13. The first kappa shape index (κ1) is 15.6. The molecular weight excluding hydrogens is 355 g/mol. The van der Waals surface area contributed by atoms with Gasteiger partial charge < -0.3 is 15.4 Å². The molecule has 1 aromatic carbocycles. The summed E-state index contributed by atoms with van der Waals surface area (Å²) in [6.45, 7) is 0.194. The van der Waals surface area contributed by atoms with Gasteiger partial charge in [-0.2, -0.15) is 13.2 Å². The Balaban J connectivity index is 2.40. The fraction of sp³-hybridized carbons (Fsp3) is 0.333. The Bertz CT molecular complexity index is 592. The van der Waals surface area contributed by atoms with E-state index in [0.29, 0.717) is 16.5 Å². The number of halogens is 4. The minimum Gasteiger partial charge on any atom is -0.430 e. The van der Waals surface area contributed by atoms with Gasteiger partial charge in [-0.05, 0) is 24.1 Å². The number of fused-ring (bicyclic) bond motifs is 1. The highest BCUT2D eigenvalue weighted by Gasteiger charge is 2.44. The van der Waals surface area contributed by atoms with Crippen LogP contribution in [0.25, 0.3) is 0 Å². The molecule has 0 radical (unpaired) electrons. The summed E-state index contributed by atoms with van der Waals surface area (Å²) in [6, 6.07) is 5.02. The Labute approximate surface area is 126 Å². The summed E-state index contributed by atoms with van der Waals surface area (Å²) >= 11 is 3.21. The van der Waals surface area contributed by atoms with Crippen LogP contribution in [0.5, 0.6) is 0 Å². The molecule has 0 fully saturated rings. The highest BCUT2D eigenvalue weighted by atomic mass is 79.9. The first-order valence-electron chi connectivity index (χ1n) is 5.87. The van der Waals surface area contributed by atoms with Crippen LogP contribution in [-0.4, -0.2) is 29.5 Å². The number of hydrogen-bond donors (Lipinski definition) is 2. The highest BCUT2D eigenvalue weighted by Crippen LogP contribution is 2.34. The number of ether oxygens (including phenoxy) is 1. The van der Waals surface area contributed by atoms with E-state index in [1.807, 2.05) is 0 Å². The molecule has 1 aliphatic heterocycles. The molecule has 3 N–H and O–H groups in total. The first-order valence-corrected chi connectivity index (χ1v) is 6.66. The maximum absolute atomic E-state index is 12.4. The fourth-order valence-corrected chi connectivity index (χ4v) is 2.47. The predicted molar refractivity (Wildman–Crippen MR) is 71.4 cm³/mol. The molecule has 0 aromatic heterocycles. The van der Waals surface area contributed by atoms with Gasteiger partial charge in [0.15, 0.2) is 5.96 Å². The molecule has 9 heteroatoms. The normalized spacial score (nSPS) is 18.1. The predicted octanol–water partition coefficient (Wildman–Crippen LogP) is 2.30.